The highest BCUT2D eigenvalue weighted by atomic mass is 32.2. The summed E-state index contributed by atoms with van der Waals surface area (Å²) in [7, 11) is -3.45. The number of carbonyl (C=O) groups is 1. The zero-order valence-electron chi connectivity index (χ0n) is 18.0. The number of sulfonamides is 1. The van der Waals surface area contributed by atoms with Crippen molar-refractivity contribution in [3.8, 4) is 0 Å². The van der Waals surface area contributed by atoms with Gasteiger partial charge >= 0.3 is 0 Å². The molecule has 0 aromatic heterocycles. The van der Waals surface area contributed by atoms with Crippen LogP contribution in [0.3, 0.4) is 0 Å². The molecule has 2 aromatic carbocycles. The van der Waals surface area contributed by atoms with Gasteiger partial charge in [0.2, 0.25) is 15.9 Å². The fourth-order valence-electron chi connectivity index (χ4n) is 3.87. The number of likely N-dealkylation sites (N-methyl/N-ethyl adjacent to an activating group) is 1. The van der Waals surface area contributed by atoms with E-state index in [4.69, 9.17) is 0 Å². The van der Waals surface area contributed by atoms with E-state index >= 15 is 0 Å². The number of aryl methyl sites for hydroxylation is 1. The lowest BCUT2D eigenvalue weighted by molar-refractivity contribution is -0.116. The Labute approximate surface area is 179 Å². The van der Waals surface area contributed by atoms with Crippen LogP contribution in [0.1, 0.15) is 38.3 Å². The van der Waals surface area contributed by atoms with Crippen molar-refractivity contribution in [1.82, 2.24) is 4.31 Å². The Kier molecular flexibility index (Phi) is 7.15. The first-order chi connectivity index (χ1) is 14.4. The monoisotopic (exact) mass is 429 g/mol. The summed E-state index contributed by atoms with van der Waals surface area (Å²) in [5.41, 5.74) is 4.30. The van der Waals surface area contributed by atoms with Crippen molar-refractivity contribution in [1.29, 1.82) is 0 Å². The maximum Gasteiger partial charge on any atom is 0.243 e. The maximum atomic E-state index is 12.6. The zero-order chi connectivity index (χ0) is 21.7. The minimum atomic E-state index is -3.45. The molecule has 2 aromatic rings. The minimum absolute atomic E-state index is 0.0455. The lowest BCUT2D eigenvalue weighted by atomic mass is 10.1. The molecule has 1 N–H and O–H groups in total. The van der Waals surface area contributed by atoms with E-state index < -0.39 is 10.0 Å². The number of benzene rings is 2. The smallest absolute Gasteiger partial charge is 0.243 e. The number of nitrogens with one attached hydrogen (secondary N) is 1. The van der Waals surface area contributed by atoms with Gasteiger partial charge in [-0.05, 0) is 55.2 Å². The molecule has 0 saturated heterocycles. The van der Waals surface area contributed by atoms with Crippen molar-refractivity contribution in [2.45, 2.75) is 44.9 Å². The number of anilines is 2. The van der Waals surface area contributed by atoms with Crippen molar-refractivity contribution >= 4 is 27.3 Å². The molecule has 0 radical (unpaired) electrons. The lowest BCUT2D eigenvalue weighted by Gasteiger charge is -2.18. The molecule has 0 spiro atoms. The van der Waals surface area contributed by atoms with Crippen LogP contribution in [0, 0.1) is 0 Å². The maximum absolute atomic E-state index is 12.6. The Morgan fingerprint density at radius 2 is 1.77 bits per heavy atom. The molecule has 0 atom stereocenters. The third kappa shape index (κ3) is 4.84. The Hall–Kier alpha value is -2.38. The van der Waals surface area contributed by atoms with Gasteiger partial charge in [-0.15, -0.1) is 0 Å². The molecule has 1 aliphatic rings. The van der Waals surface area contributed by atoms with Crippen LogP contribution in [-0.4, -0.2) is 44.8 Å². The highest BCUT2D eigenvalue weighted by Gasteiger charge is 2.21. The van der Waals surface area contributed by atoms with Crippen LogP contribution in [0.25, 0.3) is 0 Å². The van der Waals surface area contributed by atoms with Gasteiger partial charge in [0.1, 0.15) is 0 Å². The number of amides is 1. The van der Waals surface area contributed by atoms with Gasteiger partial charge in [-0.25, -0.2) is 8.42 Å². The molecule has 1 heterocycles. The molecule has 1 amide bonds. The summed E-state index contributed by atoms with van der Waals surface area (Å²) in [4.78, 5) is 15.0. The molecule has 6 nitrogen and oxygen atoms in total. The van der Waals surface area contributed by atoms with E-state index in [1.165, 1.54) is 15.6 Å². The van der Waals surface area contributed by atoms with Gasteiger partial charge in [0.15, 0.2) is 0 Å². The normalized spacial score (nSPS) is 13.5. The second-order valence-electron chi connectivity index (χ2n) is 7.45. The molecule has 0 fully saturated rings. The van der Waals surface area contributed by atoms with Gasteiger partial charge < -0.3 is 10.2 Å². The van der Waals surface area contributed by atoms with Crippen LogP contribution >= 0.6 is 0 Å². The van der Waals surface area contributed by atoms with Crippen LogP contribution in [0.4, 0.5) is 11.4 Å². The Bertz CT molecular complexity index is 983. The lowest BCUT2D eigenvalue weighted by Crippen LogP contribution is -2.30. The molecular weight excluding hydrogens is 398 g/mol. The molecule has 30 heavy (non-hydrogen) atoms. The molecule has 0 saturated carbocycles. The topological polar surface area (TPSA) is 69.7 Å². The first-order valence-corrected chi connectivity index (χ1v) is 12.1. The van der Waals surface area contributed by atoms with E-state index in [1.54, 1.807) is 24.3 Å². The average Bonchev–Trinajstić information content (AvgIpc) is 3.15. The zero-order valence-corrected chi connectivity index (χ0v) is 18.8. The molecule has 162 valence electrons. The quantitative estimate of drug-likeness (QED) is 0.660. The van der Waals surface area contributed by atoms with E-state index in [-0.39, 0.29) is 10.8 Å². The molecule has 0 unspecified atom stereocenters. The molecule has 0 aliphatic carbocycles. The minimum Gasteiger partial charge on any atom is -0.371 e. The van der Waals surface area contributed by atoms with E-state index in [0.29, 0.717) is 25.9 Å². The van der Waals surface area contributed by atoms with Crippen molar-refractivity contribution in [2.24, 2.45) is 0 Å². The van der Waals surface area contributed by atoms with Crippen molar-refractivity contribution in [3.05, 3.63) is 53.6 Å². The summed E-state index contributed by atoms with van der Waals surface area (Å²) >= 11 is 0. The number of nitrogens with zero attached hydrogens (tertiary/aromatic N) is 2. The SMILES string of the molecule is CCN1CCc2ccc(NC(=O)CCc3ccc(S(=O)(=O)N(CC)CC)cc3)cc21. The fourth-order valence-corrected chi connectivity index (χ4v) is 5.33. The molecular formula is C23H31N3O3S. The number of rotatable bonds is 9. The van der Waals surface area contributed by atoms with Crippen LogP contribution in [0.5, 0.6) is 0 Å². The number of fused-ring (bicyclic) bond motifs is 1. The summed E-state index contributed by atoms with van der Waals surface area (Å²) < 4.78 is 26.6. The summed E-state index contributed by atoms with van der Waals surface area (Å²) in [6, 6.07) is 12.9. The van der Waals surface area contributed by atoms with Gasteiger partial charge in [0.05, 0.1) is 4.90 Å². The highest BCUT2D eigenvalue weighted by molar-refractivity contribution is 7.89. The largest absolute Gasteiger partial charge is 0.371 e. The molecule has 1 aliphatic heterocycles. The predicted octanol–water partition coefficient (Wildman–Crippen LogP) is 3.67. The Balaban J connectivity index is 1.58. The predicted molar refractivity (Wildman–Crippen MR) is 122 cm³/mol. The van der Waals surface area contributed by atoms with Crippen molar-refractivity contribution in [2.75, 3.05) is 36.4 Å². The van der Waals surface area contributed by atoms with Crippen LogP contribution in [0.15, 0.2) is 47.4 Å². The summed E-state index contributed by atoms with van der Waals surface area (Å²) in [6.45, 7) is 8.68. The van der Waals surface area contributed by atoms with E-state index in [9.17, 15) is 13.2 Å². The van der Waals surface area contributed by atoms with Gasteiger partial charge in [0.25, 0.3) is 0 Å². The fraction of sp³-hybridized carbons (Fsp3) is 0.435. The van der Waals surface area contributed by atoms with Crippen LogP contribution in [0.2, 0.25) is 0 Å². The standard InChI is InChI=1S/C23H31N3O3S/c1-4-25-16-15-19-10-11-20(17-22(19)25)24-23(27)14-9-18-7-12-21(13-8-18)30(28,29)26(5-2)6-3/h7-8,10-13,17H,4-6,9,14-16H2,1-3H3,(H,24,27). The van der Waals surface area contributed by atoms with E-state index in [2.05, 4.69) is 29.3 Å². The van der Waals surface area contributed by atoms with Crippen molar-refractivity contribution in [3.63, 3.8) is 0 Å². The van der Waals surface area contributed by atoms with Crippen LogP contribution in [-0.2, 0) is 27.7 Å². The van der Waals surface area contributed by atoms with Gasteiger partial charge in [-0.2, -0.15) is 4.31 Å². The third-order valence-electron chi connectivity index (χ3n) is 5.65. The molecule has 0 bridgehead atoms. The van der Waals surface area contributed by atoms with E-state index in [1.807, 2.05) is 19.9 Å². The molecule has 7 heteroatoms. The second-order valence-corrected chi connectivity index (χ2v) is 9.39. The second kappa shape index (κ2) is 9.62. The van der Waals surface area contributed by atoms with Gasteiger partial charge in [-0.3, -0.25) is 4.79 Å². The van der Waals surface area contributed by atoms with Crippen molar-refractivity contribution < 1.29 is 13.2 Å². The number of carbonyl (C=O) groups excluding carboxylic acids is 1. The Morgan fingerprint density at radius 3 is 2.40 bits per heavy atom. The number of hydrogen-bond acceptors (Lipinski definition) is 4. The first-order valence-electron chi connectivity index (χ1n) is 10.7. The highest BCUT2D eigenvalue weighted by Crippen LogP contribution is 2.30. The number of hydrogen-bond donors (Lipinski definition) is 1. The van der Waals surface area contributed by atoms with Crippen LogP contribution < -0.4 is 10.2 Å². The van der Waals surface area contributed by atoms with Gasteiger partial charge in [0, 0.05) is 44.0 Å². The summed E-state index contributed by atoms with van der Waals surface area (Å²) in [5.74, 6) is -0.0455. The third-order valence-corrected chi connectivity index (χ3v) is 7.71. The summed E-state index contributed by atoms with van der Waals surface area (Å²) in [5, 5.41) is 2.98. The van der Waals surface area contributed by atoms with E-state index in [0.717, 1.165) is 30.8 Å². The van der Waals surface area contributed by atoms with Gasteiger partial charge in [-0.1, -0.05) is 32.0 Å². The molecule has 3 rings (SSSR count). The average molecular weight is 430 g/mol. The Morgan fingerprint density at radius 1 is 1.07 bits per heavy atom. The first kappa shape index (κ1) is 22.3. The summed E-state index contributed by atoms with van der Waals surface area (Å²) in [6.07, 6.45) is 1.96.